The highest BCUT2D eigenvalue weighted by molar-refractivity contribution is 6.33. The van der Waals surface area contributed by atoms with Crippen molar-refractivity contribution >= 4 is 40.9 Å². The zero-order chi connectivity index (χ0) is 29.4. The fraction of sp³-hybridized carbons (Fsp3) is 0.321. The molecule has 13 heteroatoms. The molecule has 2 amide bonds. The zero-order valence-electron chi connectivity index (χ0n) is 22.4. The Bertz CT molecular complexity index is 1430. The number of anilines is 2. The second kappa shape index (κ2) is 13.9. The number of ether oxygens (including phenoxy) is 2. The molecule has 2 atom stereocenters. The van der Waals surface area contributed by atoms with E-state index in [-0.39, 0.29) is 41.5 Å². The van der Waals surface area contributed by atoms with E-state index in [9.17, 15) is 19.2 Å². The van der Waals surface area contributed by atoms with Crippen molar-refractivity contribution in [3.8, 4) is 0 Å². The van der Waals surface area contributed by atoms with Crippen molar-refractivity contribution in [2.45, 2.75) is 25.0 Å². The lowest BCUT2D eigenvalue weighted by Gasteiger charge is -2.37. The number of hydrogen-bond acceptors (Lipinski definition) is 9. The molecule has 0 radical (unpaired) electrons. The number of benzene rings is 1. The van der Waals surface area contributed by atoms with Crippen LogP contribution >= 0.6 is 11.6 Å². The molecule has 0 unspecified atom stereocenters. The molecule has 0 saturated carbocycles. The zero-order valence-corrected chi connectivity index (χ0v) is 23.1. The second-order valence-corrected chi connectivity index (χ2v) is 9.89. The van der Waals surface area contributed by atoms with Crippen LogP contribution in [0.25, 0.3) is 0 Å². The maximum absolute atomic E-state index is 12.7. The Hall–Kier alpha value is -4.26. The molecule has 1 aliphatic rings. The van der Waals surface area contributed by atoms with E-state index in [1.165, 1.54) is 13.2 Å². The van der Waals surface area contributed by atoms with Gasteiger partial charge in [-0.25, -0.2) is 4.79 Å². The van der Waals surface area contributed by atoms with Crippen LogP contribution in [0.1, 0.15) is 32.8 Å². The number of nitrogens with one attached hydrogen (secondary N) is 3. The third-order valence-corrected chi connectivity index (χ3v) is 6.93. The molecular weight excluding hydrogens is 552 g/mol. The molecule has 4 rings (SSSR count). The number of pyridine rings is 2. The second-order valence-electron chi connectivity index (χ2n) is 9.48. The van der Waals surface area contributed by atoms with Crippen LogP contribution in [0.5, 0.6) is 0 Å². The van der Waals surface area contributed by atoms with E-state index in [0.29, 0.717) is 37.2 Å². The molecule has 12 nitrogen and oxygen atoms in total. The number of esters is 1. The first-order valence-electron chi connectivity index (χ1n) is 12.9. The molecule has 2 aromatic heterocycles. The number of hydrogen-bond donors (Lipinski definition) is 4. The first-order valence-corrected chi connectivity index (χ1v) is 13.3. The summed E-state index contributed by atoms with van der Waals surface area (Å²) in [6.07, 6.45) is 2.29. The van der Waals surface area contributed by atoms with Crippen molar-refractivity contribution < 1.29 is 23.9 Å². The van der Waals surface area contributed by atoms with E-state index in [1.807, 2.05) is 23.1 Å². The van der Waals surface area contributed by atoms with Gasteiger partial charge in [-0.1, -0.05) is 17.7 Å². The smallest absolute Gasteiger partial charge is 0.338 e. The van der Waals surface area contributed by atoms with Crippen LogP contribution in [0.2, 0.25) is 5.02 Å². The molecule has 216 valence electrons. The molecule has 0 bridgehead atoms. The van der Waals surface area contributed by atoms with Crippen LogP contribution in [-0.4, -0.2) is 78.1 Å². The molecule has 5 N–H and O–H groups in total. The van der Waals surface area contributed by atoms with E-state index in [0.717, 1.165) is 5.69 Å². The molecule has 3 aromatic rings. The predicted octanol–water partition coefficient (Wildman–Crippen LogP) is 1.86. The van der Waals surface area contributed by atoms with Crippen molar-refractivity contribution in [3.63, 3.8) is 0 Å². The van der Waals surface area contributed by atoms with Gasteiger partial charge in [0.15, 0.2) is 0 Å². The van der Waals surface area contributed by atoms with Crippen LogP contribution in [0.15, 0.2) is 59.5 Å². The van der Waals surface area contributed by atoms with E-state index in [4.69, 9.17) is 26.8 Å². The van der Waals surface area contributed by atoms with Crippen molar-refractivity contribution in [1.82, 2.24) is 20.2 Å². The van der Waals surface area contributed by atoms with Gasteiger partial charge in [0, 0.05) is 44.2 Å². The topological polar surface area (TPSA) is 169 Å². The number of piperidine rings is 1. The number of aromatic amines is 1. The highest BCUT2D eigenvalue weighted by Crippen LogP contribution is 2.17. The summed E-state index contributed by atoms with van der Waals surface area (Å²) in [5, 5.41) is 5.72. The predicted molar refractivity (Wildman–Crippen MR) is 153 cm³/mol. The van der Waals surface area contributed by atoms with Crippen LogP contribution in [0.3, 0.4) is 0 Å². The van der Waals surface area contributed by atoms with Crippen molar-refractivity contribution in [3.05, 3.63) is 86.9 Å². The number of nitrogens with zero attached hydrogens (tertiary/aromatic N) is 2. The van der Waals surface area contributed by atoms with Crippen molar-refractivity contribution in [2.24, 2.45) is 0 Å². The molecule has 3 heterocycles. The molecule has 1 fully saturated rings. The van der Waals surface area contributed by atoms with Gasteiger partial charge in [-0.3, -0.25) is 24.3 Å². The Morgan fingerprint density at radius 3 is 2.68 bits per heavy atom. The van der Waals surface area contributed by atoms with Crippen molar-refractivity contribution in [2.75, 3.05) is 44.4 Å². The van der Waals surface area contributed by atoms with Gasteiger partial charge in [-0.05, 0) is 48.9 Å². The summed E-state index contributed by atoms with van der Waals surface area (Å²) < 4.78 is 10.9. The largest absolute Gasteiger partial charge is 0.462 e. The number of carbonyl (C=O) groups is 3. The highest BCUT2D eigenvalue weighted by Gasteiger charge is 2.32. The van der Waals surface area contributed by atoms with Gasteiger partial charge in [-0.15, -0.1) is 0 Å². The van der Waals surface area contributed by atoms with E-state index in [2.05, 4.69) is 20.6 Å². The summed E-state index contributed by atoms with van der Waals surface area (Å²) in [7, 11) is 1.52. The maximum Gasteiger partial charge on any atom is 0.338 e. The number of halogens is 1. The number of rotatable bonds is 10. The van der Waals surface area contributed by atoms with Crippen molar-refractivity contribution in [1.29, 1.82) is 0 Å². The minimum atomic E-state index is -0.641. The summed E-state index contributed by atoms with van der Waals surface area (Å²) >= 11 is 5.95. The van der Waals surface area contributed by atoms with Crippen LogP contribution in [0, 0.1) is 0 Å². The number of amides is 2. The Morgan fingerprint density at radius 2 is 1.98 bits per heavy atom. The molecule has 0 spiro atoms. The Morgan fingerprint density at radius 1 is 1.20 bits per heavy atom. The van der Waals surface area contributed by atoms with Gasteiger partial charge < -0.3 is 30.8 Å². The van der Waals surface area contributed by atoms with E-state index < -0.39 is 23.5 Å². The SMILES string of the molecule is CO[C@H]1CN(CC(=O)Nc2ccc(C(=O)OCCc3ccccn3)cc2)CC[C@H]1NC(=O)c1cc(Cl)c(N)[nH]c1=O. The Labute approximate surface area is 241 Å². The number of aromatic nitrogens is 2. The first kappa shape index (κ1) is 29.7. The van der Waals surface area contributed by atoms with Gasteiger partial charge in [-0.2, -0.15) is 0 Å². The molecule has 1 aromatic carbocycles. The number of carbonyl (C=O) groups excluding carboxylic acids is 3. The standard InChI is InChI=1S/C28H31ClN6O6/c1-40-23-15-35(12-9-22(23)33-26(37)20-14-21(29)25(30)34-27(20)38)16-24(36)32-19-7-5-17(6-8-19)28(39)41-13-10-18-4-2-3-11-31-18/h2-8,11,14,22-23H,9-10,12-13,15-16H2,1H3,(H,32,36)(H,33,37)(H3,30,34,38)/t22-,23+/m1/s1. The number of methoxy groups -OCH3 is 1. The minimum absolute atomic E-state index is 0.0134. The quantitative estimate of drug-likeness (QED) is 0.261. The number of H-pyrrole nitrogens is 1. The molecule has 41 heavy (non-hydrogen) atoms. The summed E-state index contributed by atoms with van der Waals surface area (Å²) in [5.41, 5.74) is 6.54. The van der Waals surface area contributed by atoms with E-state index in [1.54, 1.807) is 30.5 Å². The molecular formula is C28H31ClN6O6. The average molecular weight is 583 g/mol. The lowest BCUT2D eigenvalue weighted by molar-refractivity contribution is -0.118. The summed E-state index contributed by atoms with van der Waals surface area (Å²) in [4.78, 5) is 58.3. The monoisotopic (exact) mass is 582 g/mol. The average Bonchev–Trinajstić information content (AvgIpc) is 2.96. The van der Waals surface area contributed by atoms with Gasteiger partial charge in [0.2, 0.25) is 5.91 Å². The van der Waals surface area contributed by atoms with Gasteiger partial charge in [0.1, 0.15) is 11.4 Å². The van der Waals surface area contributed by atoms with Gasteiger partial charge >= 0.3 is 5.97 Å². The Balaban J connectivity index is 1.23. The van der Waals surface area contributed by atoms with Gasteiger partial charge in [0.25, 0.3) is 11.5 Å². The maximum atomic E-state index is 12.7. The van der Waals surface area contributed by atoms with Crippen LogP contribution in [0.4, 0.5) is 11.5 Å². The summed E-state index contributed by atoms with van der Waals surface area (Å²) in [5.74, 6) is -1.30. The molecule has 0 aliphatic carbocycles. The summed E-state index contributed by atoms with van der Waals surface area (Å²) in [6.45, 7) is 1.22. The van der Waals surface area contributed by atoms with Crippen LogP contribution in [-0.2, 0) is 20.7 Å². The third kappa shape index (κ3) is 8.13. The minimum Gasteiger partial charge on any atom is -0.462 e. The van der Waals surface area contributed by atoms with E-state index >= 15 is 0 Å². The fourth-order valence-electron chi connectivity index (χ4n) is 4.43. The third-order valence-electron chi connectivity index (χ3n) is 6.62. The number of likely N-dealkylation sites (tertiary alicyclic amines) is 1. The molecule has 1 saturated heterocycles. The summed E-state index contributed by atoms with van der Waals surface area (Å²) in [6, 6.07) is 12.9. The van der Waals surface area contributed by atoms with Gasteiger partial charge in [0.05, 0.1) is 35.9 Å². The number of nitrogens with two attached hydrogens (primary N) is 1. The number of nitrogen functional groups attached to an aromatic ring is 1. The Kier molecular flexibility index (Phi) is 10.1. The van der Waals surface area contributed by atoms with Crippen LogP contribution < -0.4 is 21.9 Å². The fourth-order valence-corrected chi connectivity index (χ4v) is 4.59. The first-order chi connectivity index (χ1) is 19.7. The normalized spacial score (nSPS) is 17.0. The lowest BCUT2D eigenvalue weighted by Crippen LogP contribution is -2.56. The highest BCUT2D eigenvalue weighted by atomic mass is 35.5. The lowest BCUT2D eigenvalue weighted by atomic mass is 10.0. The molecule has 1 aliphatic heterocycles.